The number of nitrogens with zero attached hydrogens (tertiary/aromatic N) is 4. The van der Waals surface area contributed by atoms with Crippen molar-refractivity contribution in [2.24, 2.45) is 5.11 Å². The minimum absolute atomic E-state index is 0.0516. The molecule has 0 radical (unpaired) electrons. The van der Waals surface area contributed by atoms with Gasteiger partial charge in [0.25, 0.3) is 5.56 Å². The van der Waals surface area contributed by atoms with Gasteiger partial charge in [-0.3, -0.25) is 15.1 Å². The SMILES string of the molecule is [N-]=[N+]=NCCOC(=O)NCCCCCCNC(=O)Nc1nccc(=O)[nH]1. The van der Waals surface area contributed by atoms with Gasteiger partial charge in [0, 0.05) is 30.3 Å². The molecule has 0 spiro atoms. The second-order valence-electron chi connectivity index (χ2n) is 5.09. The zero-order valence-corrected chi connectivity index (χ0v) is 14.2. The number of rotatable bonds is 11. The molecule has 12 nitrogen and oxygen atoms in total. The highest BCUT2D eigenvalue weighted by Crippen LogP contribution is 1.98. The van der Waals surface area contributed by atoms with Crippen LogP contribution >= 0.6 is 0 Å². The molecule has 3 amide bonds. The average molecular weight is 366 g/mol. The van der Waals surface area contributed by atoms with Crippen LogP contribution in [0.25, 0.3) is 10.4 Å². The van der Waals surface area contributed by atoms with Crippen LogP contribution in [-0.2, 0) is 4.74 Å². The lowest BCUT2D eigenvalue weighted by Gasteiger charge is -2.07. The fraction of sp³-hybridized carbons (Fsp3) is 0.571. The van der Waals surface area contributed by atoms with Gasteiger partial charge in [0.2, 0.25) is 5.95 Å². The summed E-state index contributed by atoms with van der Waals surface area (Å²) in [5.41, 5.74) is 7.72. The number of H-pyrrole nitrogens is 1. The summed E-state index contributed by atoms with van der Waals surface area (Å²) in [6.07, 6.45) is 4.10. The molecule has 0 fully saturated rings. The largest absolute Gasteiger partial charge is 0.449 e. The molecule has 142 valence electrons. The van der Waals surface area contributed by atoms with E-state index in [2.05, 4.69) is 35.9 Å². The number of hydrogen-bond acceptors (Lipinski definition) is 6. The van der Waals surface area contributed by atoms with Gasteiger partial charge in [0.1, 0.15) is 0 Å². The quantitative estimate of drug-likeness (QED) is 0.200. The molecule has 0 aliphatic rings. The van der Waals surface area contributed by atoms with E-state index in [1.54, 1.807) is 0 Å². The molecule has 0 unspecified atom stereocenters. The van der Waals surface area contributed by atoms with E-state index in [1.165, 1.54) is 12.3 Å². The van der Waals surface area contributed by atoms with Crippen molar-refractivity contribution < 1.29 is 14.3 Å². The summed E-state index contributed by atoms with van der Waals surface area (Å²) in [5, 5.41) is 10.9. The molecular weight excluding hydrogens is 344 g/mol. The standard InChI is InChI=1S/C14H22N8O4/c15-22-19-9-10-26-14(25)18-7-4-2-1-3-6-17-13(24)21-12-16-8-5-11(23)20-12/h5,8H,1-4,6-7,9-10H2,(H,18,25)(H3,16,17,20,21,23,24). The predicted molar refractivity (Wildman–Crippen MR) is 93.7 cm³/mol. The van der Waals surface area contributed by atoms with Crippen LogP contribution in [0.15, 0.2) is 22.2 Å². The number of anilines is 1. The van der Waals surface area contributed by atoms with Crippen molar-refractivity contribution in [3.05, 3.63) is 33.1 Å². The molecule has 0 aliphatic carbocycles. The number of ether oxygens (including phenoxy) is 1. The molecule has 0 aliphatic heterocycles. The first-order chi connectivity index (χ1) is 12.6. The summed E-state index contributed by atoms with van der Waals surface area (Å²) < 4.78 is 4.78. The number of aromatic amines is 1. The van der Waals surface area contributed by atoms with Crippen molar-refractivity contribution in [2.75, 3.05) is 31.6 Å². The summed E-state index contributed by atoms with van der Waals surface area (Å²) >= 11 is 0. The summed E-state index contributed by atoms with van der Waals surface area (Å²) in [6.45, 7) is 1.13. The van der Waals surface area contributed by atoms with E-state index in [0.29, 0.717) is 13.1 Å². The summed E-state index contributed by atoms with van der Waals surface area (Å²) in [4.78, 5) is 42.6. The van der Waals surface area contributed by atoms with E-state index in [1.807, 2.05) is 0 Å². The number of unbranched alkanes of at least 4 members (excludes halogenated alkanes) is 3. The Hall–Kier alpha value is -3.27. The maximum atomic E-state index is 11.6. The van der Waals surface area contributed by atoms with Gasteiger partial charge in [-0.2, -0.15) is 0 Å². The van der Waals surface area contributed by atoms with Crippen LogP contribution in [-0.4, -0.2) is 48.3 Å². The second-order valence-corrected chi connectivity index (χ2v) is 5.09. The Morgan fingerprint density at radius 1 is 1.23 bits per heavy atom. The first-order valence-electron chi connectivity index (χ1n) is 8.13. The maximum absolute atomic E-state index is 11.6. The molecule has 1 aromatic rings. The van der Waals surface area contributed by atoms with E-state index >= 15 is 0 Å². The molecule has 0 atom stereocenters. The lowest BCUT2D eigenvalue weighted by atomic mass is 10.2. The van der Waals surface area contributed by atoms with E-state index in [0.717, 1.165) is 25.7 Å². The number of carbonyl (C=O) groups is 2. The Morgan fingerprint density at radius 2 is 1.96 bits per heavy atom. The highest BCUT2D eigenvalue weighted by molar-refractivity contribution is 5.87. The molecule has 0 aromatic carbocycles. The maximum Gasteiger partial charge on any atom is 0.407 e. The molecular formula is C14H22N8O4. The minimum Gasteiger partial charge on any atom is -0.449 e. The molecule has 0 bridgehead atoms. The zero-order chi connectivity index (χ0) is 19.0. The Bertz CT molecular complexity index is 671. The first-order valence-corrected chi connectivity index (χ1v) is 8.13. The van der Waals surface area contributed by atoms with Crippen molar-refractivity contribution in [3.63, 3.8) is 0 Å². The minimum atomic E-state index is -0.538. The van der Waals surface area contributed by atoms with Crippen molar-refractivity contribution in [2.45, 2.75) is 25.7 Å². The number of aromatic nitrogens is 2. The van der Waals surface area contributed by atoms with Crippen LogP contribution in [0.2, 0.25) is 0 Å². The lowest BCUT2D eigenvalue weighted by Crippen LogP contribution is -2.31. The van der Waals surface area contributed by atoms with E-state index in [4.69, 9.17) is 10.3 Å². The van der Waals surface area contributed by atoms with Gasteiger partial charge < -0.3 is 15.4 Å². The van der Waals surface area contributed by atoms with E-state index in [9.17, 15) is 14.4 Å². The molecule has 26 heavy (non-hydrogen) atoms. The monoisotopic (exact) mass is 366 g/mol. The van der Waals surface area contributed by atoms with Gasteiger partial charge in [-0.15, -0.1) is 0 Å². The van der Waals surface area contributed by atoms with Crippen LogP contribution in [0, 0.1) is 0 Å². The number of hydrogen-bond donors (Lipinski definition) is 4. The normalized spacial score (nSPS) is 9.69. The van der Waals surface area contributed by atoms with Crippen LogP contribution in [0.3, 0.4) is 0 Å². The molecule has 4 N–H and O–H groups in total. The zero-order valence-electron chi connectivity index (χ0n) is 14.2. The molecule has 1 rings (SSSR count). The van der Waals surface area contributed by atoms with Crippen LogP contribution in [0.5, 0.6) is 0 Å². The summed E-state index contributed by atoms with van der Waals surface area (Å²) in [7, 11) is 0. The van der Waals surface area contributed by atoms with Crippen molar-refractivity contribution in [1.82, 2.24) is 20.6 Å². The fourth-order valence-corrected chi connectivity index (χ4v) is 1.86. The highest BCUT2D eigenvalue weighted by atomic mass is 16.5. The van der Waals surface area contributed by atoms with Crippen molar-refractivity contribution >= 4 is 18.1 Å². The molecule has 0 saturated carbocycles. The van der Waals surface area contributed by atoms with E-state index < -0.39 is 12.1 Å². The summed E-state index contributed by atoms with van der Waals surface area (Å²) in [6, 6.07) is 0.811. The Balaban J connectivity index is 1.95. The number of nitrogens with one attached hydrogen (secondary N) is 4. The van der Waals surface area contributed by atoms with Gasteiger partial charge >= 0.3 is 12.1 Å². The Labute approximate surface area is 149 Å². The van der Waals surface area contributed by atoms with Gasteiger partial charge in [-0.05, 0) is 18.4 Å². The van der Waals surface area contributed by atoms with Gasteiger partial charge in [0.15, 0.2) is 0 Å². The predicted octanol–water partition coefficient (Wildman–Crippen LogP) is 1.49. The number of azide groups is 1. The van der Waals surface area contributed by atoms with Crippen molar-refractivity contribution in [3.8, 4) is 0 Å². The first kappa shape index (κ1) is 20.8. The third-order valence-electron chi connectivity index (χ3n) is 3.05. The number of alkyl carbamates (subject to hydrolysis) is 1. The number of amides is 3. The summed E-state index contributed by atoms with van der Waals surface area (Å²) in [5.74, 6) is 0.0902. The molecule has 1 aromatic heterocycles. The molecule has 12 heteroatoms. The average Bonchev–Trinajstić information content (AvgIpc) is 2.61. The molecule has 1 heterocycles. The van der Waals surface area contributed by atoms with Crippen molar-refractivity contribution in [1.29, 1.82) is 0 Å². The highest BCUT2D eigenvalue weighted by Gasteiger charge is 2.03. The van der Waals surface area contributed by atoms with Crippen LogP contribution < -0.4 is 21.5 Å². The number of carbonyl (C=O) groups excluding carboxylic acids is 2. The Morgan fingerprint density at radius 3 is 2.65 bits per heavy atom. The van der Waals surface area contributed by atoms with Gasteiger partial charge in [0.05, 0.1) is 13.2 Å². The third kappa shape index (κ3) is 10.5. The molecule has 0 saturated heterocycles. The number of urea groups is 1. The Kier molecular flexibility index (Phi) is 10.4. The topological polar surface area (TPSA) is 174 Å². The smallest absolute Gasteiger partial charge is 0.407 e. The van der Waals surface area contributed by atoms with Gasteiger partial charge in [-0.1, -0.05) is 18.0 Å². The third-order valence-corrected chi connectivity index (χ3v) is 3.05. The lowest BCUT2D eigenvalue weighted by molar-refractivity contribution is 0.149. The van der Waals surface area contributed by atoms with Crippen LogP contribution in [0.1, 0.15) is 25.7 Å². The second kappa shape index (κ2) is 13.1. The van der Waals surface area contributed by atoms with E-state index in [-0.39, 0.29) is 24.7 Å². The fourth-order valence-electron chi connectivity index (χ4n) is 1.86. The van der Waals surface area contributed by atoms with Crippen LogP contribution in [0.4, 0.5) is 15.5 Å². The van der Waals surface area contributed by atoms with Gasteiger partial charge in [-0.25, -0.2) is 14.6 Å².